The van der Waals surface area contributed by atoms with Gasteiger partial charge in [0.25, 0.3) is 0 Å². The quantitative estimate of drug-likeness (QED) is 0.0440. The summed E-state index contributed by atoms with van der Waals surface area (Å²) in [5.41, 5.74) is 0. The van der Waals surface area contributed by atoms with Gasteiger partial charge in [0.2, 0.25) is 0 Å². The van der Waals surface area contributed by atoms with E-state index in [1.165, 1.54) is 25.7 Å². The zero-order valence-corrected chi connectivity index (χ0v) is 30.5. The van der Waals surface area contributed by atoms with E-state index in [0.717, 1.165) is 89.9 Å². The van der Waals surface area contributed by atoms with Crippen molar-refractivity contribution < 1.29 is 24.2 Å². The summed E-state index contributed by atoms with van der Waals surface area (Å²) >= 11 is 0. The summed E-state index contributed by atoms with van der Waals surface area (Å²) in [6.07, 6.45) is 53.2. The largest absolute Gasteiger partial charge is 0.462 e. The Balaban J connectivity index is 3.75. The zero-order chi connectivity index (χ0) is 35.0. The third-order valence-corrected chi connectivity index (χ3v) is 7.36. The van der Waals surface area contributed by atoms with Crippen molar-refractivity contribution in [3.05, 3.63) is 97.2 Å². The summed E-state index contributed by atoms with van der Waals surface area (Å²) in [4.78, 5) is 24.2. The minimum absolute atomic E-state index is 0.106. The van der Waals surface area contributed by atoms with Crippen LogP contribution in [0.3, 0.4) is 0 Å². The fourth-order valence-corrected chi connectivity index (χ4v) is 4.53. The molecule has 5 heteroatoms. The number of carbonyl (C=O) groups is 2. The third kappa shape index (κ3) is 35.7. The zero-order valence-electron chi connectivity index (χ0n) is 30.5. The van der Waals surface area contributed by atoms with Crippen LogP contribution in [0.2, 0.25) is 0 Å². The van der Waals surface area contributed by atoms with E-state index in [9.17, 15) is 14.7 Å². The lowest BCUT2D eigenvalue weighted by atomic mass is 10.1. The Morgan fingerprint density at radius 3 is 1.35 bits per heavy atom. The van der Waals surface area contributed by atoms with Crippen molar-refractivity contribution in [2.45, 2.75) is 148 Å². The highest BCUT2D eigenvalue weighted by Gasteiger charge is 2.16. The number of aliphatic hydroxyl groups excluding tert-OH is 1. The molecule has 0 amide bonds. The van der Waals surface area contributed by atoms with Crippen molar-refractivity contribution >= 4 is 11.9 Å². The van der Waals surface area contributed by atoms with Crippen LogP contribution in [-0.4, -0.2) is 36.4 Å². The summed E-state index contributed by atoms with van der Waals surface area (Å²) in [5, 5.41) is 9.54. The summed E-state index contributed by atoms with van der Waals surface area (Å²) in [6, 6.07) is 0. The molecule has 5 nitrogen and oxygen atoms in total. The average Bonchev–Trinajstić information content (AvgIpc) is 3.09. The number of hydrogen-bond donors (Lipinski definition) is 1. The molecule has 1 N–H and O–H groups in total. The molecule has 0 aliphatic rings. The number of rotatable bonds is 32. The van der Waals surface area contributed by atoms with Gasteiger partial charge in [-0.05, 0) is 96.3 Å². The highest BCUT2D eigenvalue weighted by atomic mass is 16.6. The number of ether oxygens (including phenoxy) is 2. The van der Waals surface area contributed by atoms with Crippen molar-refractivity contribution in [2.75, 3.05) is 13.2 Å². The molecule has 0 bridgehead atoms. The molecule has 0 heterocycles. The molecule has 1 atom stereocenters. The Kier molecular flexibility index (Phi) is 35.7. The van der Waals surface area contributed by atoms with Crippen LogP contribution in [0.4, 0.5) is 0 Å². The summed E-state index contributed by atoms with van der Waals surface area (Å²) in [5.74, 6) is -0.685. The van der Waals surface area contributed by atoms with Crippen LogP contribution >= 0.6 is 0 Å². The van der Waals surface area contributed by atoms with Crippen LogP contribution in [0, 0.1) is 0 Å². The van der Waals surface area contributed by atoms with Crippen molar-refractivity contribution in [1.82, 2.24) is 0 Å². The molecule has 0 radical (unpaired) electrons. The first-order valence-electron chi connectivity index (χ1n) is 18.8. The molecule has 48 heavy (non-hydrogen) atoms. The number of hydrogen-bond acceptors (Lipinski definition) is 5. The lowest BCUT2D eigenvalue weighted by Crippen LogP contribution is -2.28. The first kappa shape index (κ1) is 44.8. The number of carbonyl (C=O) groups excluding carboxylic acids is 2. The Hall–Kier alpha value is -3.18. The molecule has 0 fully saturated rings. The molecule has 0 unspecified atom stereocenters. The van der Waals surface area contributed by atoms with Gasteiger partial charge in [0.15, 0.2) is 6.10 Å². The van der Waals surface area contributed by atoms with Gasteiger partial charge in [0, 0.05) is 12.8 Å². The fraction of sp³-hybridized carbons (Fsp3) is 0.581. The molecule has 0 aromatic heterocycles. The first-order chi connectivity index (χ1) is 23.6. The molecule has 0 rings (SSSR count). The molecule has 0 aliphatic heterocycles. The van der Waals surface area contributed by atoms with Gasteiger partial charge in [-0.25, -0.2) is 0 Å². The van der Waals surface area contributed by atoms with Gasteiger partial charge < -0.3 is 14.6 Å². The van der Waals surface area contributed by atoms with Gasteiger partial charge in [0.1, 0.15) is 6.61 Å². The summed E-state index contributed by atoms with van der Waals surface area (Å²) in [7, 11) is 0. The molecule has 0 aromatic carbocycles. The van der Waals surface area contributed by atoms with E-state index in [-0.39, 0.29) is 25.2 Å². The lowest BCUT2D eigenvalue weighted by Gasteiger charge is -2.15. The average molecular weight is 665 g/mol. The molecule has 0 aromatic rings. The molecule has 0 saturated heterocycles. The second-order valence-electron chi connectivity index (χ2n) is 11.9. The Bertz CT molecular complexity index is 979. The summed E-state index contributed by atoms with van der Waals surface area (Å²) in [6.45, 7) is 3.90. The van der Waals surface area contributed by atoms with Gasteiger partial charge in [-0.15, -0.1) is 0 Å². The molecule has 0 saturated carbocycles. The molecular weight excluding hydrogens is 596 g/mol. The van der Waals surface area contributed by atoms with Crippen LogP contribution in [0.5, 0.6) is 0 Å². The summed E-state index contributed by atoms with van der Waals surface area (Å²) < 4.78 is 10.5. The highest BCUT2D eigenvalue weighted by Crippen LogP contribution is 2.08. The van der Waals surface area contributed by atoms with Gasteiger partial charge in [-0.1, -0.05) is 130 Å². The second-order valence-corrected chi connectivity index (χ2v) is 11.9. The van der Waals surface area contributed by atoms with Gasteiger partial charge in [-0.2, -0.15) is 0 Å². The standard InChI is InChI=1S/C43H68O5/c1-3-5-7-9-11-13-15-17-19-20-21-22-24-26-28-30-32-34-36-38-43(46)48-41(39-44)40-47-42(45)37-35-33-31-29-27-25-23-18-16-14-12-10-8-6-4-2/h5,7,11-14,17-19,21-23,26-29,41,44H,3-4,6,8-10,15-16,20,24-25,30-40H2,1-2H3/b7-5-,13-11-,14-12-,19-17-,22-21-,23-18-,28-26-,29-27-/t41-/m0/s1. The van der Waals surface area contributed by atoms with E-state index in [2.05, 4.69) is 111 Å². The maximum atomic E-state index is 12.1. The maximum absolute atomic E-state index is 12.1. The van der Waals surface area contributed by atoms with Crippen LogP contribution in [0.15, 0.2) is 97.2 Å². The minimum Gasteiger partial charge on any atom is -0.462 e. The SMILES string of the molecule is CC/C=C\C/C=C\C/C=C\C/C=C\C/C=C\CCCCCC(=O)O[C@@H](CO)COC(=O)CCCC/C=C\C/C=C\C/C=C\CCCCC. The van der Waals surface area contributed by atoms with E-state index < -0.39 is 6.10 Å². The Labute approximate surface area is 294 Å². The van der Waals surface area contributed by atoms with Crippen LogP contribution in [-0.2, 0) is 19.1 Å². The lowest BCUT2D eigenvalue weighted by molar-refractivity contribution is -0.161. The topological polar surface area (TPSA) is 72.8 Å². The molecule has 0 spiro atoms. The maximum Gasteiger partial charge on any atom is 0.306 e. The van der Waals surface area contributed by atoms with E-state index in [1.807, 2.05) is 0 Å². The van der Waals surface area contributed by atoms with Crippen molar-refractivity contribution in [3.63, 3.8) is 0 Å². The monoisotopic (exact) mass is 665 g/mol. The molecule has 0 aliphatic carbocycles. The van der Waals surface area contributed by atoms with Crippen molar-refractivity contribution in [1.29, 1.82) is 0 Å². The van der Waals surface area contributed by atoms with E-state index >= 15 is 0 Å². The third-order valence-electron chi connectivity index (χ3n) is 7.36. The Morgan fingerprint density at radius 2 is 0.896 bits per heavy atom. The van der Waals surface area contributed by atoms with Crippen molar-refractivity contribution in [2.24, 2.45) is 0 Å². The highest BCUT2D eigenvalue weighted by molar-refractivity contribution is 5.70. The predicted octanol–water partition coefficient (Wildman–Crippen LogP) is 11.7. The molecular formula is C43H68O5. The van der Waals surface area contributed by atoms with Crippen LogP contribution < -0.4 is 0 Å². The smallest absolute Gasteiger partial charge is 0.306 e. The van der Waals surface area contributed by atoms with Gasteiger partial charge in [0.05, 0.1) is 6.61 Å². The van der Waals surface area contributed by atoms with Gasteiger partial charge in [-0.3, -0.25) is 9.59 Å². The fourth-order valence-electron chi connectivity index (χ4n) is 4.53. The number of allylic oxidation sites excluding steroid dienone is 16. The normalized spacial score (nSPS) is 13.3. The number of esters is 2. The van der Waals surface area contributed by atoms with Gasteiger partial charge >= 0.3 is 11.9 Å². The number of aliphatic hydroxyl groups is 1. The second kappa shape index (κ2) is 38.3. The Morgan fingerprint density at radius 1 is 0.500 bits per heavy atom. The first-order valence-corrected chi connectivity index (χ1v) is 18.8. The van der Waals surface area contributed by atoms with Crippen molar-refractivity contribution in [3.8, 4) is 0 Å². The van der Waals surface area contributed by atoms with E-state index in [4.69, 9.17) is 9.47 Å². The molecule has 270 valence electrons. The van der Waals surface area contributed by atoms with E-state index in [0.29, 0.717) is 12.8 Å². The predicted molar refractivity (Wildman–Crippen MR) is 205 cm³/mol. The van der Waals surface area contributed by atoms with E-state index in [1.54, 1.807) is 0 Å². The number of unbranched alkanes of at least 4 members (excludes halogenated alkanes) is 8. The van der Waals surface area contributed by atoms with Crippen LogP contribution in [0.1, 0.15) is 142 Å². The van der Waals surface area contributed by atoms with Crippen LogP contribution in [0.25, 0.3) is 0 Å². The minimum atomic E-state index is -0.810.